The molecule has 0 aromatic carbocycles. The van der Waals surface area contributed by atoms with Gasteiger partial charge in [0, 0.05) is 14.0 Å². The number of methoxy groups -OCH3 is 1. The van der Waals surface area contributed by atoms with E-state index in [0.717, 1.165) is 5.01 Å². The first-order chi connectivity index (χ1) is 4.57. The highest BCUT2D eigenvalue weighted by atomic mass is 16.5. The van der Waals surface area contributed by atoms with E-state index in [4.69, 9.17) is 0 Å². The van der Waals surface area contributed by atoms with Crippen molar-refractivity contribution >= 4 is 12.0 Å². The van der Waals surface area contributed by atoms with Crippen LogP contribution in [0.5, 0.6) is 0 Å². The molecule has 0 aliphatic carbocycles. The summed E-state index contributed by atoms with van der Waals surface area (Å²) in [6, 6.07) is 0. The van der Waals surface area contributed by atoms with E-state index in [9.17, 15) is 9.59 Å². The standard InChI is InChI=1S/C5H10N2O3/c1-4(8)6-7(2)5(9)10-3/h1-3H3,(H,6,8). The highest BCUT2D eigenvalue weighted by Gasteiger charge is 2.07. The molecule has 0 radical (unpaired) electrons. The zero-order valence-electron chi connectivity index (χ0n) is 6.17. The number of hydrogen-bond donors (Lipinski definition) is 1. The van der Waals surface area contributed by atoms with E-state index in [-0.39, 0.29) is 5.91 Å². The van der Waals surface area contributed by atoms with Crippen LogP contribution in [0.15, 0.2) is 0 Å². The Balaban J connectivity index is 3.72. The molecule has 5 nitrogen and oxygen atoms in total. The molecule has 0 aliphatic heterocycles. The Morgan fingerprint density at radius 2 is 2.00 bits per heavy atom. The SMILES string of the molecule is COC(=O)N(C)NC(C)=O. The highest BCUT2D eigenvalue weighted by molar-refractivity contribution is 5.76. The minimum Gasteiger partial charge on any atom is -0.452 e. The van der Waals surface area contributed by atoms with Gasteiger partial charge in [0.05, 0.1) is 7.11 Å². The van der Waals surface area contributed by atoms with Gasteiger partial charge in [-0.25, -0.2) is 9.80 Å². The number of hydrogen-bond acceptors (Lipinski definition) is 3. The largest absolute Gasteiger partial charge is 0.452 e. The molecule has 0 spiro atoms. The molecule has 0 aromatic heterocycles. The summed E-state index contributed by atoms with van der Waals surface area (Å²) in [6.45, 7) is 1.30. The fourth-order valence-corrected chi connectivity index (χ4v) is 0.419. The van der Waals surface area contributed by atoms with E-state index in [1.165, 1.54) is 21.1 Å². The molecule has 0 rings (SSSR count). The van der Waals surface area contributed by atoms with Gasteiger partial charge in [-0.1, -0.05) is 0 Å². The van der Waals surface area contributed by atoms with Crippen molar-refractivity contribution in [3.63, 3.8) is 0 Å². The van der Waals surface area contributed by atoms with Crippen LogP contribution in [0.3, 0.4) is 0 Å². The average Bonchev–Trinajstić information content (AvgIpc) is 1.85. The maximum Gasteiger partial charge on any atom is 0.428 e. The van der Waals surface area contributed by atoms with Crippen LogP contribution in [0.4, 0.5) is 4.79 Å². The molecular formula is C5H10N2O3. The van der Waals surface area contributed by atoms with Crippen LogP contribution < -0.4 is 5.43 Å². The summed E-state index contributed by atoms with van der Waals surface area (Å²) in [5.41, 5.74) is 2.21. The molecule has 0 aliphatic rings. The number of carbonyl (C=O) groups excluding carboxylic acids is 2. The summed E-state index contributed by atoms with van der Waals surface area (Å²) >= 11 is 0. The molecule has 0 saturated heterocycles. The summed E-state index contributed by atoms with van der Waals surface area (Å²) in [5, 5.41) is 0.961. The lowest BCUT2D eigenvalue weighted by Gasteiger charge is -2.14. The third kappa shape index (κ3) is 2.91. The van der Waals surface area contributed by atoms with Gasteiger partial charge in [0.15, 0.2) is 0 Å². The third-order valence-corrected chi connectivity index (χ3v) is 0.774. The average molecular weight is 146 g/mol. The summed E-state index contributed by atoms with van der Waals surface area (Å²) < 4.78 is 4.29. The number of amides is 2. The second-order valence-corrected chi connectivity index (χ2v) is 1.70. The first kappa shape index (κ1) is 8.74. The van der Waals surface area contributed by atoms with Crippen LogP contribution in [-0.4, -0.2) is 31.2 Å². The molecule has 0 heterocycles. The Hall–Kier alpha value is -1.26. The van der Waals surface area contributed by atoms with E-state index in [0.29, 0.717) is 0 Å². The van der Waals surface area contributed by atoms with Gasteiger partial charge >= 0.3 is 6.09 Å². The van der Waals surface area contributed by atoms with Gasteiger partial charge in [-0.15, -0.1) is 0 Å². The first-order valence-corrected chi connectivity index (χ1v) is 2.67. The van der Waals surface area contributed by atoms with Crippen molar-refractivity contribution in [2.24, 2.45) is 0 Å². The van der Waals surface area contributed by atoms with Gasteiger partial charge in [0.25, 0.3) is 0 Å². The van der Waals surface area contributed by atoms with Crippen molar-refractivity contribution in [1.29, 1.82) is 0 Å². The zero-order valence-corrected chi connectivity index (χ0v) is 6.17. The van der Waals surface area contributed by atoms with Gasteiger partial charge in [-0.05, 0) is 0 Å². The monoisotopic (exact) mass is 146 g/mol. The molecule has 0 bridgehead atoms. The Bertz CT molecular complexity index is 146. The van der Waals surface area contributed by atoms with Crippen molar-refractivity contribution in [3.05, 3.63) is 0 Å². The van der Waals surface area contributed by atoms with Gasteiger partial charge in [-0.2, -0.15) is 0 Å². The normalized spacial score (nSPS) is 8.30. The lowest BCUT2D eigenvalue weighted by Crippen LogP contribution is -2.42. The van der Waals surface area contributed by atoms with Crippen molar-refractivity contribution in [2.75, 3.05) is 14.2 Å². The number of hydrazine groups is 1. The Kier molecular flexibility index (Phi) is 3.24. The molecule has 1 N–H and O–H groups in total. The van der Waals surface area contributed by atoms with Crippen molar-refractivity contribution in [3.8, 4) is 0 Å². The molecule has 58 valence electrons. The molecule has 0 atom stereocenters. The minimum atomic E-state index is -0.602. The topological polar surface area (TPSA) is 58.6 Å². The van der Waals surface area contributed by atoms with Gasteiger partial charge < -0.3 is 4.74 Å². The van der Waals surface area contributed by atoms with Crippen molar-refractivity contribution in [1.82, 2.24) is 10.4 Å². The van der Waals surface area contributed by atoms with Crippen LogP contribution in [0, 0.1) is 0 Å². The molecule has 5 heteroatoms. The number of rotatable bonds is 0. The number of nitrogens with one attached hydrogen (secondary N) is 1. The van der Waals surface area contributed by atoms with Crippen LogP contribution in [0.1, 0.15) is 6.92 Å². The number of ether oxygens (including phenoxy) is 1. The quantitative estimate of drug-likeness (QED) is 0.479. The van der Waals surface area contributed by atoms with Gasteiger partial charge in [-0.3, -0.25) is 10.2 Å². The molecule has 0 unspecified atom stereocenters. The second kappa shape index (κ2) is 3.71. The van der Waals surface area contributed by atoms with E-state index in [1.54, 1.807) is 0 Å². The van der Waals surface area contributed by atoms with E-state index in [2.05, 4.69) is 10.2 Å². The Labute approximate surface area is 58.9 Å². The van der Waals surface area contributed by atoms with Crippen molar-refractivity contribution in [2.45, 2.75) is 6.92 Å². The molecule has 10 heavy (non-hydrogen) atoms. The minimum absolute atomic E-state index is 0.312. The lowest BCUT2D eigenvalue weighted by molar-refractivity contribution is -0.122. The summed E-state index contributed by atoms with van der Waals surface area (Å²) in [6.07, 6.45) is -0.602. The summed E-state index contributed by atoms with van der Waals surface area (Å²) in [5.74, 6) is -0.312. The number of nitrogens with zero attached hydrogens (tertiary/aromatic N) is 1. The predicted molar refractivity (Wildman–Crippen MR) is 34.0 cm³/mol. The zero-order chi connectivity index (χ0) is 8.15. The molecule has 0 aromatic rings. The first-order valence-electron chi connectivity index (χ1n) is 2.67. The van der Waals surface area contributed by atoms with Crippen LogP contribution in [0.2, 0.25) is 0 Å². The predicted octanol–water partition coefficient (Wildman–Crippen LogP) is -0.264. The van der Waals surface area contributed by atoms with E-state index < -0.39 is 6.09 Å². The maximum atomic E-state index is 10.5. The van der Waals surface area contributed by atoms with Gasteiger partial charge in [0.2, 0.25) is 5.91 Å². The van der Waals surface area contributed by atoms with Crippen molar-refractivity contribution < 1.29 is 14.3 Å². The summed E-state index contributed by atoms with van der Waals surface area (Å²) in [7, 11) is 2.63. The molecular weight excluding hydrogens is 136 g/mol. The molecule has 2 amide bonds. The Morgan fingerprint density at radius 1 is 1.50 bits per heavy atom. The van der Waals surface area contributed by atoms with E-state index >= 15 is 0 Å². The summed E-state index contributed by atoms with van der Waals surface area (Å²) in [4.78, 5) is 20.9. The molecule has 0 fully saturated rings. The van der Waals surface area contributed by atoms with Gasteiger partial charge in [0.1, 0.15) is 0 Å². The third-order valence-electron chi connectivity index (χ3n) is 0.774. The van der Waals surface area contributed by atoms with Crippen LogP contribution >= 0.6 is 0 Å². The Morgan fingerprint density at radius 3 is 2.30 bits per heavy atom. The van der Waals surface area contributed by atoms with Crippen LogP contribution in [0.25, 0.3) is 0 Å². The number of carbonyl (C=O) groups is 2. The lowest BCUT2D eigenvalue weighted by atomic mass is 10.7. The highest BCUT2D eigenvalue weighted by Crippen LogP contribution is 1.81. The van der Waals surface area contributed by atoms with Crippen LogP contribution in [-0.2, 0) is 9.53 Å². The molecule has 0 saturated carbocycles. The second-order valence-electron chi connectivity index (χ2n) is 1.70. The van der Waals surface area contributed by atoms with E-state index in [1.807, 2.05) is 0 Å². The fraction of sp³-hybridized carbons (Fsp3) is 0.600. The maximum absolute atomic E-state index is 10.5. The fourth-order valence-electron chi connectivity index (χ4n) is 0.419. The smallest absolute Gasteiger partial charge is 0.428 e.